The van der Waals surface area contributed by atoms with Crippen molar-refractivity contribution < 1.29 is 0 Å². The zero-order valence-electron chi connectivity index (χ0n) is 5.66. The first-order valence-electron chi connectivity index (χ1n) is 2.83. The number of nitrogens with two attached hydrogens (primary N) is 1. The lowest BCUT2D eigenvalue weighted by Crippen LogP contribution is -2.24. The van der Waals surface area contributed by atoms with E-state index in [2.05, 4.69) is 15.3 Å². The molecule has 0 aromatic heterocycles. The van der Waals surface area contributed by atoms with Gasteiger partial charge in [0, 0.05) is 31.1 Å². The third-order valence-corrected chi connectivity index (χ3v) is 0.773. The zero-order valence-corrected chi connectivity index (χ0v) is 6.47. The van der Waals surface area contributed by atoms with E-state index in [1.165, 1.54) is 0 Å². The van der Waals surface area contributed by atoms with E-state index in [-0.39, 0.29) is 12.4 Å². The Morgan fingerprint density at radius 3 is 2.70 bits per heavy atom. The summed E-state index contributed by atoms with van der Waals surface area (Å²) < 4.78 is 0. The smallest absolute Gasteiger partial charge is 0.0383 e. The Labute approximate surface area is 66.0 Å². The molecular formula is C4H12ClN5. The second-order valence-electron chi connectivity index (χ2n) is 1.49. The van der Waals surface area contributed by atoms with Crippen molar-refractivity contribution in [2.75, 3.05) is 26.2 Å². The second-order valence-corrected chi connectivity index (χ2v) is 1.49. The summed E-state index contributed by atoms with van der Waals surface area (Å²) in [7, 11) is 0. The molecule has 0 unspecified atom stereocenters. The van der Waals surface area contributed by atoms with Crippen molar-refractivity contribution in [1.82, 2.24) is 5.32 Å². The lowest BCUT2D eigenvalue weighted by Gasteiger charge is -1.95. The van der Waals surface area contributed by atoms with Crippen LogP contribution < -0.4 is 11.1 Å². The zero-order chi connectivity index (χ0) is 6.95. The Balaban J connectivity index is 0. The molecule has 0 aliphatic heterocycles. The quantitative estimate of drug-likeness (QED) is 0.265. The van der Waals surface area contributed by atoms with Crippen LogP contribution in [-0.2, 0) is 0 Å². The Morgan fingerprint density at radius 1 is 1.50 bits per heavy atom. The highest BCUT2D eigenvalue weighted by atomic mass is 35.5. The summed E-state index contributed by atoms with van der Waals surface area (Å²) in [6.07, 6.45) is 0. The molecule has 0 aliphatic carbocycles. The SMILES string of the molecule is Cl.[N-]=[N+]=NCCNCCN. The maximum atomic E-state index is 7.83. The van der Waals surface area contributed by atoms with Gasteiger partial charge in [-0.2, -0.15) is 0 Å². The minimum Gasteiger partial charge on any atom is -0.329 e. The molecule has 5 nitrogen and oxygen atoms in total. The van der Waals surface area contributed by atoms with E-state index in [1.807, 2.05) is 0 Å². The molecule has 0 rings (SSSR count). The summed E-state index contributed by atoms with van der Waals surface area (Å²) in [5.41, 5.74) is 13.0. The van der Waals surface area contributed by atoms with Crippen LogP contribution in [-0.4, -0.2) is 26.2 Å². The van der Waals surface area contributed by atoms with Gasteiger partial charge in [0.25, 0.3) is 0 Å². The first-order chi connectivity index (χ1) is 4.41. The van der Waals surface area contributed by atoms with Crippen LogP contribution in [0.5, 0.6) is 0 Å². The van der Waals surface area contributed by atoms with Gasteiger partial charge in [-0.05, 0) is 5.53 Å². The van der Waals surface area contributed by atoms with Gasteiger partial charge < -0.3 is 11.1 Å². The molecule has 0 aliphatic rings. The van der Waals surface area contributed by atoms with Crippen LogP contribution >= 0.6 is 12.4 Å². The molecule has 0 radical (unpaired) electrons. The van der Waals surface area contributed by atoms with E-state index in [0.29, 0.717) is 19.6 Å². The van der Waals surface area contributed by atoms with Crippen molar-refractivity contribution in [3.8, 4) is 0 Å². The molecule has 0 heterocycles. The molecular weight excluding hydrogens is 154 g/mol. The Morgan fingerprint density at radius 2 is 2.20 bits per heavy atom. The molecule has 6 heteroatoms. The van der Waals surface area contributed by atoms with Crippen LogP contribution in [0, 0.1) is 0 Å². The lowest BCUT2D eigenvalue weighted by molar-refractivity contribution is 0.695. The predicted octanol–water partition coefficient (Wildman–Crippen LogP) is 0.267. The maximum absolute atomic E-state index is 7.83. The predicted molar refractivity (Wildman–Crippen MR) is 43.2 cm³/mol. The average molecular weight is 166 g/mol. The van der Waals surface area contributed by atoms with Crippen LogP contribution in [0.2, 0.25) is 0 Å². The van der Waals surface area contributed by atoms with E-state index in [1.54, 1.807) is 0 Å². The topological polar surface area (TPSA) is 86.8 Å². The van der Waals surface area contributed by atoms with E-state index in [4.69, 9.17) is 11.3 Å². The molecule has 0 saturated heterocycles. The van der Waals surface area contributed by atoms with Gasteiger partial charge in [-0.25, -0.2) is 0 Å². The average Bonchev–Trinajstić information content (AvgIpc) is 1.89. The molecule has 3 N–H and O–H groups in total. The largest absolute Gasteiger partial charge is 0.329 e. The van der Waals surface area contributed by atoms with Gasteiger partial charge in [0.2, 0.25) is 0 Å². The van der Waals surface area contributed by atoms with Gasteiger partial charge >= 0.3 is 0 Å². The number of nitrogens with one attached hydrogen (secondary N) is 1. The molecule has 0 bridgehead atoms. The first-order valence-corrected chi connectivity index (χ1v) is 2.83. The van der Waals surface area contributed by atoms with E-state index in [0.717, 1.165) is 6.54 Å². The normalized spacial score (nSPS) is 7.70. The van der Waals surface area contributed by atoms with Crippen molar-refractivity contribution in [3.63, 3.8) is 0 Å². The van der Waals surface area contributed by atoms with Gasteiger partial charge in [0.1, 0.15) is 0 Å². The van der Waals surface area contributed by atoms with E-state index >= 15 is 0 Å². The van der Waals surface area contributed by atoms with Gasteiger partial charge in [-0.15, -0.1) is 12.4 Å². The minimum absolute atomic E-state index is 0. The number of hydrogen-bond acceptors (Lipinski definition) is 3. The number of nitrogens with zero attached hydrogens (tertiary/aromatic N) is 3. The molecule has 0 spiro atoms. The molecule has 10 heavy (non-hydrogen) atoms. The Hall–Kier alpha value is -0.480. The molecule has 0 fully saturated rings. The third-order valence-electron chi connectivity index (χ3n) is 0.773. The highest BCUT2D eigenvalue weighted by Crippen LogP contribution is 1.66. The molecule has 0 saturated carbocycles. The Bertz CT molecular complexity index is 99.8. The molecule has 0 aromatic carbocycles. The summed E-state index contributed by atoms with van der Waals surface area (Å²) in [5.74, 6) is 0. The molecule has 0 aromatic rings. The van der Waals surface area contributed by atoms with Gasteiger partial charge in [-0.3, -0.25) is 0 Å². The lowest BCUT2D eigenvalue weighted by atomic mass is 10.6. The van der Waals surface area contributed by atoms with Crippen LogP contribution in [0.3, 0.4) is 0 Å². The van der Waals surface area contributed by atoms with Crippen molar-refractivity contribution in [2.45, 2.75) is 0 Å². The monoisotopic (exact) mass is 165 g/mol. The van der Waals surface area contributed by atoms with E-state index in [9.17, 15) is 0 Å². The summed E-state index contributed by atoms with van der Waals surface area (Å²) in [4.78, 5) is 2.59. The van der Waals surface area contributed by atoms with Crippen LogP contribution in [0.25, 0.3) is 10.4 Å². The molecule has 60 valence electrons. The van der Waals surface area contributed by atoms with E-state index < -0.39 is 0 Å². The summed E-state index contributed by atoms with van der Waals surface area (Å²) in [6, 6.07) is 0. The summed E-state index contributed by atoms with van der Waals surface area (Å²) >= 11 is 0. The second kappa shape index (κ2) is 11.3. The number of halogens is 1. The van der Waals surface area contributed by atoms with Gasteiger partial charge in [-0.1, -0.05) is 5.11 Å². The highest BCUT2D eigenvalue weighted by molar-refractivity contribution is 5.85. The standard InChI is InChI=1S/C4H11N5.ClH/c5-1-2-7-3-4-8-9-6;/h7H,1-5H2;1H. The fourth-order valence-corrected chi connectivity index (χ4v) is 0.401. The third kappa shape index (κ3) is 10.5. The fraction of sp³-hybridized carbons (Fsp3) is 1.00. The van der Waals surface area contributed by atoms with Crippen molar-refractivity contribution in [1.29, 1.82) is 0 Å². The number of rotatable bonds is 5. The van der Waals surface area contributed by atoms with Crippen molar-refractivity contribution in [2.24, 2.45) is 10.8 Å². The minimum atomic E-state index is 0. The summed E-state index contributed by atoms with van der Waals surface area (Å²) in [6.45, 7) is 2.61. The van der Waals surface area contributed by atoms with Crippen LogP contribution in [0.1, 0.15) is 0 Å². The van der Waals surface area contributed by atoms with Crippen LogP contribution in [0.15, 0.2) is 5.11 Å². The fourth-order valence-electron chi connectivity index (χ4n) is 0.401. The van der Waals surface area contributed by atoms with Crippen LogP contribution in [0.4, 0.5) is 0 Å². The first kappa shape index (κ1) is 12.2. The maximum Gasteiger partial charge on any atom is 0.0383 e. The van der Waals surface area contributed by atoms with Gasteiger partial charge in [0.05, 0.1) is 0 Å². The highest BCUT2D eigenvalue weighted by Gasteiger charge is 1.79. The number of azide groups is 1. The van der Waals surface area contributed by atoms with Gasteiger partial charge in [0.15, 0.2) is 0 Å². The molecule has 0 amide bonds. The molecule has 0 atom stereocenters. The Kier molecular flexibility index (Phi) is 13.9. The van der Waals surface area contributed by atoms with Crippen molar-refractivity contribution >= 4 is 12.4 Å². The number of hydrogen-bond donors (Lipinski definition) is 2. The van der Waals surface area contributed by atoms with Crippen molar-refractivity contribution in [3.05, 3.63) is 10.4 Å². The summed E-state index contributed by atoms with van der Waals surface area (Å²) in [5, 5.41) is 6.30.